The SMILES string of the molecule is CCC(C)(C)OCC(C)(C)C1OCC2(COC(C(C)C)OC2)CO1. The second kappa shape index (κ2) is 7.58. The average molecular weight is 344 g/mol. The highest BCUT2D eigenvalue weighted by atomic mass is 16.7. The normalized spacial score (nSPS) is 32.5. The molecule has 0 aromatic heterocycles. The summed E-state index contributed by atoms with van der Waals surface area (Å²) in [5.41, 5.74) is -0.503. The van der Waals surface area contributed by atoms with Crippen LogP contribution >= 0.6 is 0 Å². The predicted molar refractivity (Wildman–Crippen MR) is 92.8 cm³/mol. The van der Waals surface area contributed by atoms with Crippen molar-refractivity contribution >= 4 is 0 Å². The van der Waals surface area contributed by atoms with Crippen molar-refractivity contribution in [2.45, 2.75) is 73.1 Å². The summed E-state index contributed by atoms with van der Waals surface area (Å²) in [6.45, 7) is 17.9. The first-order valence-electron chi connectivity index (χ1n) is 9.20. The topological polar surface area (TPSA) is 46.2 Å². The molecule has 2 saturated heterocycles. The van der Waals surface area contributed by atoms with Gasteiger partial charge >= 0.3 is 0 Å². The third kappa shape index (κ3) is 4.92. The van der Waals surface area contributed by atoms with Crippen molar-refractivity contribution in [2.75, 3.05) is 33.0 Å². The molecule has 0 radical (unpaired) electrons. The average Bonchev–Trinajstić information content (AvgIpc) is 2.54. The highest BCUT2D eigenvalue weighted by Crippen LogP contribution is 2.37. The lowest BCUT2D eigenvalue weighted by Crippen LogP contribution is -2.55. The van der Waals surface area contributed by atoms with Crippen molar-refractivity contribution in [1.82, 2.24) is 0 Å². The van der Waals surface area contributed by atoms with Gasteiger partial charge in [0.15, 0.2) is 12.6 Å². The molecule has 0 aromatic rings. The number of rotatable bonds is 6. The molecular weight excluding hydrogens is 308 g/mol. The van der Waals surface area contributed by atoms with Crippen LogP contribution < -0.4 is 0 Å². The van der Waals surface area contributed by atoms with Gasteiger partial charge < -0.3 is 23.7 Å². The van der Waals surface area contributed by atoms with Crippen molar-refractivity contribution in [2.24, 2.45) is 16.7 Å². The molecule has 2 aliphatic heterocycles. The van der Waals surface area contributed by atoms with E-state index in [1.54, 1.807) is 0 Å². The van der Waals surface area contributed by atoms with Crippen LogP contribution in [0.4, 0.5) is 0 Å². The second-order valence-electron chi connectivity index (χ2n) is 9.08. The smallest absolute Gasteiger partial charge is 0.164 e. The molecule has 5 heteroatoms. The molecule has 0 saturated carbocycles. The van der Waals surface area contributed by atoms with Gasteiger partial charge in [-0.15, -0.1) is 0 Å². The Kier molecular flexibility index (Phi) is 6.36. The minimum atomic E-state index is -0.265. The fraction of sp³-hybridized carbons (Fsp3) is 1.00. The Labute approximate surface area is 147 Å². The molecule has 2 rings (SSSR count). The Morgan fingerprint density at radius 1 is 0.958 bits per heavy atom. The third-order valence-electron chi connectivity index (χ3n) is 5.06. The number of ether oxygens (including phenoxy) is 5. The Bertz CT molecular complexity index is 387. The van der Waals surface area contributed by atoms with Crippen molar-refractivity contribution in [3.8, 4) is 0 Å². The van der Waals surface area contributed by atoms with E-state index in [9.17, 15) is 0 Å². The van der Waals surface area contributed by atoms with Crippen molar-refractivity contribution in [3.63, 3.8) is 0 Å². The van der Waals surface area contributed by atoms with Gasteiger partial charge in [0.1, 0.15) is 0 Å². The van der Waals surface area contributed by atoms with Crippen molar-refractivity contribution < 1.29 is 23.7 Å². The van der Waals surface area contributed by atoms with Gasteiger partial charge in [-0.3, -0.25) is 0 Å². The predicted octanol–water partition coefficient (Wildman–Crippen LogP) is 3.61. The minimum absolute atomic E-state index is 0.116. The Hall–Kier alpha value is -0.200. The fourth-order valence-electron chi connectivity index (χ4n) is 2.76. The zero-order chi connectivity index (χ0) is 18.0. The molecule has 5 nitrogen and oxygen atoms in total. The monoisotopic (exact) mass is 344 g/mol. The molecule has 0 aliphatic carbocycles. The lowest BCUT2D eigenvalue weighted by atomic mass is 9.87. The maximum Gasteiger partial charge on any atom is 0.164 e. The van der Waals surface area contributed by atoms with E-state index >= 15 is 0 Å². The summed E-state index contributed by atoms with van der Waals surface area (Å²) in [5, 5.41) is 0. The molecule has 0 bridgehead atoms. The third-order valence-corrected chi connectivity index (χ3v) is 5.06. The van der Waals surface area contributed by atoms with Crippen LogP contribution in [0.2, 0.25) is 0 Å². The van der Waals surface area contributed by atoms with Gasteiger partial charge in [0, 0.05) is 11.3 Å². The molecule has 2 heterocycles. The number of hydrogen-bond acceptors (Lipinski definition) is 5. The quantitative estimate of drug-likeness (QED) is 0.737. The van der Waals surface area contributed by atoms with E-state index in [0.29, 0.717) is 39.0 Å². The summed E-state index contributed by atoms with van der Waals surface area (Å²) in [7, 11) is 0. The van der Waals surface area contributed by atoms with E-state index in [2.05, 4.69) is 48.5 Å². The maximum atomic E-state index is 6.07. The van der Waals surface area contributed by atoms with Gasteiger partial charge in [-0.25, -0.2) is 0 Å². The van der Waals surface area contributed by atoms with E-state index in [1.807, 2.05) is 0 Å². The Morgan fingerprint density at radius 2 is 1.46 bits per heavy atom. The molecule has 0 unspecified atom stereocenters. The van der Waals surface area contributed by atoms with Crippen LogP contribution in [-0.4, -0.2) is 51.2 Å². The van der Waals surface area contributed by atoms with E-state index in [1.165, 1.54) is 0 Å². The Balaban J connectivity index is 1.83. The summed E-state index contributed by atoms with van der Waals surface area (Å²) < 4.78 is 29.9. The van der Waals surface area contributed by atoms with Gasteiger partial charge in [-0.05, 0) is 20.3 Å². The van der Waals surface area contributed by atoms with Crippen LogP contribution in [0.15, 0.2) is 0 Å². The summed E-state index contributed by atoms with van der Waals surface area (Å²) >= 11 is 0. The van der Waals surface area contributed by atoms with Crippen LogP contribution in [0, 0.1) is 16.7 Å². The van der Waals surface area contributed by atoms with E-state index in [0.717, 1.165) is 6.42 Å². The molecule has 0 aromatic carbocycles. The highest BCUT2D eigenvalue weighted by molar-refractivity contribution is 4.87. The first-order valence-corrected chi connectivity index (χ1v) is 9.20. The zero-order valence-corrected chi connectivity index (χ0v) is 16.5. The van der Waals surface area contributed by atoms with Crippen LogP contribution in [-0.2, 0) is 23.7 Å². The summed E-state index contributed by atoms with van der Waals surface area (Å²) in [4.78, 5) is 0. The highest BCUT2D eigenvalue weighted by Gasteiger charge is 2.46. The standard InChI is InChI=1S/C19H36O5/c1-8-18(6,7)24-9-17(4,5)16-22-12-19(13-23-16)10-20-15(14(2)3)21-11-19/h14-16H,8-13H2,1-7H3. The summed E-state index contributed by atoms with van der Waals surface area (Å²) in [6, 6.07) is 0. The van der Waals surface area contributed by atoms with Gasteiger partial charge in [0.25, 0.3) is 0 Å². The summed E-state index contributed by atoms with van der Waals surface area (Å²) in [6.07, 6.45) is 0.595. The van der Waals surface area contributed by atoms with Crippen LogP contribution in [0.25, 0.3) is 0 Å². The van der Waals surface area contributed by atoms with Crippen molar-refractivity contribution in [1.29, 1.82) is 0 Å². The van der Waals surface area contributed by atoms with Gasteiger partial charge in [0.05, 0.1) is 44.1 Å². The first kappa shape index (κ1) is 20.1. The first-order chi connectivity index (χ1) is 11.1. The number of hydrogen-bond donors (Lipinski definition) is 0. The van der Waals surface area contributed by atoms with Crippen LogP contribution in [0.1, 0.15) is 54.9 Å². The molecular formula is C19H36O5. The lowest BCUT2D eigenvalue weighted by Gasteiger charge is -2.47. The van der Waals surface area contributed by atoms with E-state index < -0.39 is 0 Å². The molecule has 2 aliphatic rings. The van der Waals surface area contributed by atoms with E-state index in [-0.39, 0.29) is 29.0 Å². The van der Waals surface area contributed by atoms with E-state index in [4.69, 9.17) is 23.7 Å². The zero-order valence-electron chi connectivity index (χ0n) is 16.5. The maximum absolute atomic E-state index is 6.07. The molecule has 142 valence electrons. The van der Waals surface area contributed by atoms with Crippen LogP contribution in [0.5, 0.6) is 0 Å². The largest absolute Gasteiger partial charge is 0.375 e. The van der Waals surface area contributed by atoms with Crippen molar-refractivity contribution in [3.05, 3.63) is 0 Å². The molecule has 1 spiro atoms. The Morgan fingerprint density at radius 3 is 1.92 bits per heavy atom. The molecule has 2 fully saturated rings. The summed E-state index contributed by atoms with van der Waals surface area (Å²) in [5.74, 6) is 0.360. The molecule has 0 N–H and O–H groups in total. The van der Waals surface area contributed by atoms with Gasteiger partial charge in [0.2, 0.25) is 0 Å². The lowest BCUT2D eigenvalue weighted by molar-refractivity contribution is -0.329. The minimum Gasteiger partial charge on any atom is -0.375 e. The second-order valence-corrected chi connectivity index (χ2v) is 9.08. The molecule has 0 amide bonds. The molecule has 24 heavy (non-hydrogen) atoms. The van der Waals surface area contributed by atoms with Gasteiger partial charge in [-0.2, -0.15) is 0 Å². The fourth-order valence-corrected chi connectivity index (χ4v) is 2.76. The van der Waals surface area contributed by atoms with Crippen LogP contribution in [0.3, 0.4) is 0 Å². The molecule has 0 atom stereocenters. The van der Waals surface area contributed by atoms with Gasteiger partial charge in [-0.1, -0.05) is 34.6 Å².